The van der Waals surface area contributed by atoms with Crippen LogP contribution in [0.2, 0.25) is 5.02 Å². The van der Waals surface area contributed by atoms with Gasteiger partial charge in [-0.2, -0.15) is 0 Å². The summed E-state index contributed by atoms with van der Waals surface area (Å²) in [6.45, 7) is 0. The van der Waals surface area contributed by atoms with Gasteiger partial charge in [-0.1, -0.05) is 23.4 Å². The third kappa shape index (κ3) is 4.67. The number of hydrogen-bond donors (Lipinski definition) is 1. The SMILES string of the molecule is O=C(CSc1ccc([N+](=O)[O-])cn1)Nc1ccc(Cl)c(C(=O)[O-])c1. The summed E-state index contributed by atoms with van der Waals surface area (Å²) in [4.78, 5) is 36.6. The maximum Gasteiger partial charge on any atom is 0.287 e. The summed E-state index contributed by atoms with van der Waals surface area (Å²) in [5.74, 6) is -1.85. The Kier molecular flexibility index (Phi) is 5.72. The second kappa shape index (κ2) is 7.75. The molecular formula is C14H9ClN3O5S-. The Balaban J connectivity index is 1.95. The molecule has 24 heavy (non-hydrogen) atoms. The van der Waals surface area contributed by atoms with Crippen molar-refractivity contribution >= 4 is 46.6 Å². The summed E-state index contributed by atoms with van der Waals surface area (Å²) in [5.41, 5.74) is -0.0974. The number of rotatable bonds is 6. The van der Waals surface area contributed by atoms with Crippen molar-refractivity contribution in [3.63, 3.8) is 0 Å². The van der Waals surface area contributed by atoms with E-state index in [9.17, 15) is 24.8 Å². The number of nitrogens with one attached hydrogen (secondary N) is 1. The highest BCUT2D eigenvalue weighted by atomic mass is 35.5. The molecule has 10 heteroatoms. The van der Waals surface area contributed by atoms with Crippen LogP contribution < -0.4 is 10.4 Å². The Hall–Kier alpha value is -2.65. The van der Waals surface area contributed by atoms with E-state index in [2.05, 4.69) is 10.3 Å². The maximum atomic E-state index is 11.9. The number of amides is 1. The molecule has 0 fully saturated rings. The first-order chi connectivity index (χ1) is 11.4. The van der Waals surface area contributed by atoms with Crippen molar-refractivity contribution < 1.29 is 19.6 Å². The second-order valence-electron chi connectivity index (χ2n) is 4.43. The van der Waals surface area contributed by atoms with E-state index >= 15 is 0 Å². The summed E-state index contributed by atoms with van der Waals surface area (Å²) in [7, 11) is 0. The highest BCUT2D eigenvalue weighted by Gasteiger charge is 2.09. The van der Waals surface area contributed by atoms with Gasteiger partial charge in [-0.25, -0.2) is 4.98 Å². The van der Waals surface area contributed by atoms with E-state index in [1.54, 1.807) is 0 Å². The molecule has 1 amide bonds. The van der Waals surface area contributed by atoms with E-state index in [-0.39, 0.29) is 27.7 Å². The number of nitrogens with zero attached hydrogens (tertiary/aromatic N) is 2. The molecule has 8 nitrogen and oxygen atoms in total. The number of pyridine rings is 1. The molecule has 0 bridgehead atoms. The van der Waals surface area contributed by atoms with Crippen molar-refractivity contribution in [1.29, 1.82) is 0 Å². The van der Waals surface area contributed by atoms with Crippen molar-refractivity contribution in [2.75, 3.05) is 11.1 Å². The molecule has 0 aliphatic rings. The molecular weight excluding hydrogens is 358 g/mol. The topological polar surface area (TPSA) is 125 Å². The van der Waals surface area contributed by atoms with E-state index in [1.165, 1.54) is 30.3 Å². The number of thioether (sulfide) groups is 1. The number of anilines is 1. The zero-order valence-electron chi connectivity index (χ0n) is 11.9. The summed E-state index contributed by atoms with van der Waals surface area (Å²) < 4.78 is 0. The standard InChI is InChI=1S/C14H10ClN3O5S/c15-11-3-1-8(5-10(11)14(20)21)17-12(19)7-24-13-4-2-9(6-16-13)18(22)23/h1-6H,7H2,(H,17,19)(H,20,21)/p-1. The van der Waals surface area contributed by atoms with Crippen molar-refractivity contribution in [2.45, 2.75) is 5.03 Å². The lowest BCUT2D eigenvalue weighted by Gasteiger charge is -2.09. The minimum atomic E-state index is -1.44. The van der Waals surface area contributed by atoms with E-state index in [0.29, 0.717) is 5.03 Å². The Labute approximate surface area is 145 Å². The molecule has 124 valence electrons. The lowest BCUT2D eigenvalue weighted by Crippen LogP contribution is -2.23. The molecule has 2 aromatic rings. The van der Waals surface area contributed by atoms with Crippen LogP contribution in [0.25, 0.3) is 0 Å². The van der Waals surface area contributed by atoms with Gasteiger partial charge in [0.2, 0.25) is 5.91 Å². The van der Waals surface area contributed by atoms with Crippen molar-refractivity contribution in [1.82, 2.24) is 4.98 Å². The number of benzene rings is 1. The number of halogens is 1. The Morgan fingerprint density at radius 2 is 2.04 bits per heavy atom. The predicted octanol–water partition coefficient (Wildman–Crippen LogP) is 1.74. The highest BCUT2D eigenvalue weighted by Crippen LogP contribution is 2.21. The number of carboxylic acids is 1. The van der Waals surface area contributed by atoms with E-state index in [4.69, 9.17) is 11.6 Å². The third-order valence-corrected chi connectivity index (χ3v) is 4.03. The number of carbonyl (C=O) groups is 2. The smallest absolute Gasteiger partial charge is 0.287 e. The summed E-state index contributed by atoms with van der Waals surface area (Å²) in [6, 6.07) is 6.73. The zero-order chi connectivity index (χ0) is 17.7. The molecule has 2 rings (SSSR count). The lowest BCUT2D eigenvalue weighted by atomic mass is 10.2. The van der Waals surface area contributed by atoms with Crippen LogP contribution >= 0.6 is 23.4 Å². The van der Waals surface area contributed by atoms with Crippen LogP contribution in [0.3, 0.4) is 0 Å². The average molecular weight is 367 g/mol. The molecule has 0 aliphatic heterocycles. The molecule has 1 heterocycles. The Morgan fingerprint density at radius 3 is 2.62 bits per heavy atom. The fourth-order valence-electron chi connectivity index (χ4n) is 1.66. The molecule has 0 unspecified atom stereocenters. The van der Waals surface area contributed by atoms with Crippen LogP contribution in [0, 0.1) is 10.1 Å². The van der Waals surface area contributed by atoms with Crippen molar-refractivity contribution in [2.24, 2.45) is 0 Å². The van der Waals surface area contributed by atoms with Crippen LogP contribution in [-0.2, 0) is 4.79 Å². The van der Waals surface area contributed by atoms with Gasteiger partial charge >= 0.3 is 0 Å². The van der Waals surface area contributed by atoms with Crippen LogP contribution in [0.1, 0.15) is 10.4 Å². The molecule has 0 radical (unpaired) electrons. The van der Waals surface area contributed by atoms with E-state index < -0.39 is 16.8 Å². The molecule has 0 aliphatic carbocycles. The van der Waals surface area contributed by atoms with Gasteiger partial charge in [-0.05, 0) is 24.3 Å². The zero-order valence-corrected chi connectivity index (χ0v) is 13.5. The number of nitro groups is 1. The quantitative estimate of drug-likeness (QED) is 0.468. The number of hydrogen-bond acceptors (Lipinski definition) is 7. The number of aromatic carboxylic acids is 1. The van der Waals surface area contributed by atoms with Crippen LogP contribution in [0.15, 0.2) is 41.6 Å². The number of carbonyl (C=O) groups excluding carboxylic acids is 2. The van der Waals surface area contributed by atoms with Gasteiger partial charge in [0.25, 0.3) is 5.69 Å². The van der Waals surface area contributed by atoms with Crippen molar-refractivity contribution in [3.8, 4) is 0 Å². The first kappa shape index (κ1) is 17.7. The Bertz CT molecular complexity index is 797. The maximum absolute atomic E-state index is 11.9. The van der Waals surface area contributed by atoms with Crippen LogP contribution in [0.4, 0.5) is 11.4 Å². The van der Waals surface area contributed by atoms with Gasteiger partial charge in [0.1, 0.15) is 6.20 Å². The first-order valence-electron chi connectivity index (χ1n) is 6.41. The summed E-state index contributed by atoms with van der Waals surface area (Å²) in [6.07, 6.45) is 1.10. The third-order valence-electron chi connectivity index (χ3n) is 2.75. The summed E-state index contributed by atoms with van der Waals surface area (Å²) in [5, 5.41) is 24.4. The van der Waals surface area contributed by atoms with Gasteiger partial charge in [-0.3, -0.25) is 14.9 Å². The van der Waals surface area contributed by atoms with Crippen molar-refractivity contribution in [3.05, 3.63) is 57.2 Å². The first-order valence-corrected chi connectivity index (χ1v) is 7.77. The fourth-order valence-corrected chi connectivity index (χ4v) is 2.50. The molecule has 0 saturated heterocycles. The molecule has 1 aromatic carbocycles. The molecule has 1 aromatic heterocycles. The molecule has 0 saturated carbocycles. The van der Waals surface area contributed by atoms with Gasteiger partial charge in [0.05, 0.1) is 21.7 Å². The summed E-state index contributed by atoms with van der Waals surface area (Å²) >= 11 is 6.79. The monoisotopic (exact) mass is 366 g/mol. The molecule has 1 N–H and O–H groups in total. The second-order valence-corrected chi connectivity index (χ2v) is 5.83. The Morgan fingerprint density at radius 1 is 1.29 bits per heavy atom. The van der Waals surface area contributed by atoms with E-state index in [0.717, 1.165) is 18.0 Å². The normalized spacial score (nSPS) is 10.2. The van der Waals surface area contributed by atoms with Gasteiger partial charge < -0.3 is 15.2 Å². The molecule has 0 spiro atoms. The fraction of sp³-hybridized carbons (Fsp3) is 0.0714. The van der Waals surface area contributed by atoms with Crippen LogP contribution in [0.5, 0.6) is 0 Å². The number of carboxylic acid groups (broad SMARTS) is 1. The minimum Gasteiger partial charge on any atom is -0.545 e. The highest BCUT2D eigenvalue weighted by molar-refractivity contribution is 7.99. The van der Waals surface area contributed by atoms with E-state index in [1.807, 2.05) is 0 Å². The van der Waals surface area contributed by atoms with Gasteiger partial charge in [0.15, 0.2) is 0 Å². The largest absolute Gasteiger partial charge is 0.545 e. The van der Waals surface area contributed by atoms with Crippen LogP contribution in [-0.4, -0.2) is 27.5 Å². The predicted molar refractivity (Wildman–Crippen MR) is 86.0 cm³/mol. The van der Waals surface area contributed by atoms with Gasteiger partial charge in [0, 0.05) is 22.3 Å². The molecule has 0 atom stereocenters. The number of aromatic nitrogens is 1. The lowest BCUT2D eigenvalue weighted by molar-refractivity contribution is -0.385. The minimum absolute atomic E-state index is 0.00586. The van der Waals surface area contributed by atoms with Gasteiger partial charge in [-0.15, -0.1) is 0 Å². The average Bonchev–Trinajstić information content (AvgIpc) is 2.55.